The first-order chi connectivity index (χ1) is 19.7. The first kappa shape index (κ1) is 27.5. The summed E-state index contributed by atoms with van der Waals surface area (Å²) < 4.78 is 39.7. The summed E-state index contributed by atoms with van der Waals surface area (Å²) in [6.07, 6.45) is 11.8. The fourth-order valence-electron chi connectivity index (χ4n) is 5.82. The van der Waals surface area contributed by atoms with Crippen molar-refractivity contribution in [1.29, 1.82) is 0 Å². The number of nitrogens with zero attached hydrogens (tertiary/aromatic N) is 1. The first-order valence-electron chi connectivity index (χ1n) is 14.1. The second kappa shape index (κ2) is 10.6. The first-order valence-corrected chi connectivity index (χ1v) is 15.6. The number of methoxy groups -OCH3 is 1. The summed E-state index contributed by atoms with van der Waals surface area (Å²) in [6, 6.07) is 9.33. The molecular weight excluding hydrogens is 540 g/mol. The molecule has 2 heterocycles. The minimum atomic E-state index is -3.48. The van der Waals surface area contributed by atoms with Gasteiger partial charge in [-0.2, -0.15) is 0 Å². The molecule has 6 rings (SSSR count). The molecule has 2 aliphatic heterocycles. The number of allylic oxidation sites excluding steroid dienone is 2. The van der Waals surface area contributed by atoms with Gasteiger partial charge in [-0.15, -0.1) is 6.58 Å². The van der Waals surface area contributed by atoms with Crippen LogP contribution in [0.1, 0.15) is 31.2 Å². The molecular formula is C31H36N4O5S. The third-order valence-corrected chi connectivity index (χ3v) is 10.4. The molecule has 216 valence electrons. The smallest absolute Gasteiger partial charge is 0.238 e. The second-order valence-electron chi connectivity index (χ2n) is 11.3. The number of fused-ring (bicyclic) bond motifs is 1. The number of ether oxygens (including phenoxy) is 2. The highest BCUT2D eigenvalue weighted by Gasteiger charge is 2.57. The van der Waals surface area contributed by atoms with E-state index < -0.39 is 21.6 Å². The molecule has 6 atom stereocenters. The summed E-state index contributed by atoms with van der Waals surface area (Å²) in [5.41, 5.74) is 1.27. The van der Waals surface area contributed by atoms with Gasteiger partial charge in [0.1, 0.15) is 17.6 Å². The summed E-state index contributed by atoms with van der Waals surface area (Å²) in [6.45, 7) is 8.36. The number of nitrogens with one attached hydrogen (secondary N) is 3. The Morgan fingerprint density at radius 3 is 2.71 bits per heavy atom. The Balaban J connectivity index is 1.13. The van der Waals surface area contributed by atoms with E-state index in [-0.39, 0.29) is 35.1 Å². The van der Waals surface area contributed by atoms with Crippen LogP contribution in [-0.2, 0) is 24.3 Å². The van der Waals surface area contributed by atoms with E-state index in [0.717, 1.165) is 22.8 Å². The Hall–Kier alpha value is -3.63. The van der Waals surface area contributed by atoms with Crippen molar-refractivity contribution in [3.8, 4) is 0 Å². The lowest BCUT2D eigenvalue weighted by Crippen LogP contribution is -2.50. The number of sulfonamides is 1. The number of rotatable bonds is 11. The summed E-state index contributed by atoms with van der Waals surface area (Å²) in [4.78, 5) is 18.4. The number of carbonyl (C=O) groups is 1. The van der Waals surface area contributed by atoms with Gasteiger partial charge in [-0.25, -0.2) is 8.42 Å². The molecule has 2 saturated carbocycles. The van der Waals surface area contributed by atoms with Crippen LogP contribution < -0.4 is 15.4 Å². The van der Waals surface area contributed by atoms with E-state index in [2.05, 4.69) is 28.5 Å². The van der Waals surface area contributed by atoms with Crippen LogP contribution in [0.5, 0.6) is 0 Å². The number of carbonyl (C=O) groups excluding carboxylic acids is 1. The van der Waals surface area contributed by atoms with E-state index in [1.54, 1.807) is 13.2 Å². The molecule has 3 aliphatic carbocycles. The van der Waals surface area contributed by atoms with Crippen LogP contribution in [0, 0.1) is 11.8 Å². The van der Waals surface area contributed by atoms with Crippen molar-refractivity contribution in [1.82, 2.24) is 15.4 Å². The van der Waals surface area contributed by atoms with Crippen molar-refractivity contribution < 1.29 is 22.7 Å². The molecule has 5 aliphatic rings. The highest BCUT2D eigenvalue weighted by atomic mass is 32.2. The van der Waals surface area contributed by atoms with Crippen molar-refractivity contribution in [3.63, 3.8) is 0 Å². The van der Waals surface area contributed by atoms with Gasteiger partial charge >= 0.3 is 0 Å². The number of hydrogen-bond donors (Lipinski definition) is 3. The molecule has 9 nitrogen and oxygen atoms in total. The lowest BCUT2D eigenvalue weighted by molar-refractivity contribution is -0.123. The maximum Gasteiger partial charge on any atom is 0.238 e. The van der Waals surface area contributed by atoms with Gasteiger partial charge in [0.2, 0.25) is 15.9 Å². The molecule has 3 fully saturated rings. The molecule has 0 spiro atoms. The van der Waals surface area contributed by atoms with Gasteiger partial charge in [0, 0.05) is 30.7 Å². The molecule has 5 unspecified atom stereocenters. The molecule has 0 bridgehead atoms. The van der Waals surface area contributed by atoms with E-state index in [0.29, 0.717) is 37.9 Å². The van der Waals surface area contributed by atoms with E-state index >= 15 is 0 Å². The lowest BCUT2D eigenvalue weighted by Gasteiger charge is -2.31. The zero-order chi connectivity index (χ0) is 28.8. The highest BCUT2D eigenvalue weighted by molar-refractivity contribution is 7.90. The van der Waals surface area contributed by atoms with Crippen LogP contribution in [-0.4, -0.2) is 62.7 Å². The molecule has 0 radical (unpaired) electrons. The average Bonchev–Trinajstić information content (AvgIpc) is 3.90. The van der Waals surface area contributed by atoms with Gasteiger partial charge in [0.25, 0.3) is 0 Å². The molecule has 0 aromatic heterocycles. The summed E-state index contributed by atoms with van der Waals surface area (Å²) in [7, 11) is -1.84. The predicted molar refractivity (Wildman–Crippen MR) is 157 cm³/mol. The van der Waals surface area contributed by atoms with Gasteiger partial charge in [-0.1, -0.05) is 49.1 Å². The fourth-order valence-corrected chi connectivity index (χ4v) is 7.27. The van der Waals surface area contributed by atoms with Gasteiger partial charge in [0.15, 0.2) is 0 Å². The molecule has 10 heteroatoms. The molecule has 1 aromatic carbocycles. The molecule has 3 N–H and O–H groups in total. The Labute approximate surface area is 241 Å². The average molecular weight is 577 g/mol. The third-order valence-electron chi connectivity index (χ3n) is 8.49. The van der Waals surface area contributed by atoms with Crippen LogP contribution in [0.3, 0.4) is 0 Å². The third kappa shape index (κ3) is 5.50. The van der Waals surface area contributed by atoms with Gasteiger partial charge in [0.05, 0.1) is 41.6 Å². The number of aliphatic imine (C=N–C) groups is 1. The Bertz CT molecular complexity index is 1480. The maximum absolute atomic E-state index is 13.4. The van der Waals surface area contributed by atoms with Crippen molar-refractivity contribution in [2.24, 2.45) is 16.8 Å². The summed E-state index contributed by atoms with van der Waals surface area (Å²) in [5, 5.41) is 5.99. The van der Waals surface area contributed by atoms with Crippen molar-refractivity contribution in [2.75, 3.05) is 13.7 Å². The van der Waals surface area contributed by atoms with Crippen molar-refractivity contribution >= 4 is 21.6 Å². The Morgan fingerprint density at radius 1 is 1.24 bits per heavy atom. The topological polar surface area (TPSA) is 118 Å². The quantitative estimate of drug-likeness (QED) is 0.349. The SMILES string of the molecule is C=CC1CC1(NC(=O)[C@@H]1CC(OC2=CC(c3ccccc3)=NC3C=C(OC)C=CC23)CN1)C(=C)NS(=O)(=O)C1CC1. The Kier molecular flexibility index (Phi) is 7.15. The zero-order valence-corrected chi connectivity index (χ0v) is 23.9. The highest BCUT2D eigenvalue weighted by Crippen LogP contribution is 2.49. The summed E-state index contributed by atoms with van der Waals surface area (Å²) in [5.74, 6) is 1.19. The normalized spacial score (nSPS) is 32.0. The minimum Gasteiger partial charge on any atom is -0.497 e. The monoisotopic (exact) mass is 576 g/mol. The number of hydrogen-bond acceptors (Lipinski definition) is 7. The zero-order valence-electron chi connectivity index (χ0n) is 23.1. The maximum atomic E-state index is 13.4. The largest absolute Gasteiger partial charge is 0.497 e. The number of dihydropyridines is 1. The van der Waals surface area contributed by atoms with Crippen LogP contribution in [0.25, 0.3) is 0 Å². The van der Waals surface area contributed by atoms with E-state index in [1.807, 2.05) is 54.6 Å². The van der Waals surface area contributed by atoms with E-state index in [9.17, 15) is 13.2 Å². The van der Waals surface area contributed by atoms with Crippen molar-refractivity contribution in [2.45, 2.75) is 54.7 Å². The second-order valence-corrected chi connectivity index (χ2v) is 13.3. The van der Waals surface area contributed by atoms with E-state index in [4.69, 9.17) is 14.5 Å². The number of benzene rings is 1. The van der Waals surface area contributed by atoms with Gasteiger partial charge in [-0.05, 0) is 37.0 Å². The van der Waals surface area contributed by atoms with E-state index in [1.165, 1.54) is 0 Å². The Morgan fingerprint density at radius 2 is 2.02 bits per heavy atom. The molecule has 1 amide bonds. The van der Waals surface area contributed by atoms with Crippen molar-refractivity contribution in [3.05, 3.63) is 96.6 Å². The molecule has 41 heavy (non-hydrogen) atoms. The predicted octanol–water partition coefficient (Wildman–Crippen LogP) is 2.86. The van der Waals surface area contributed by atoms with Gasteiger partial charge in [-0.3, -0.25) is 14.5 Å². The van der Waals surface area contributed by atoms with Crippen LogP contribution in [0.2, 0.25) is 0 Å². The van der Waals surface area contributed by atoms with Gasteiger partial charge < -0.3 is 20.1 Å². The van der Waals surface area contributed by atoms with Crippen LogP contribution in [0.4, 0.5) is 0 Å². The van der Waals surface area contributed by atoms with Crippen LogP contribution >= 0.6 is 0 Å². The molecule has 1 aromatic rings. The minimum absolute atomic E-state index is 0.0693. The van der Waals surface area contributed by atoms with Crippen LogP contribution in [0.15, 0.2) is 96.1 Å². The lowest BCUT2D eigenvalue weighted by atomic mass is 9.88. The molecule has 1 saturated heterocycles. The standard InChI is InChI=1S/C31H36N4O5S/c1-4-21-17-31(21,19(2)35-41(37,38)24-11-12-24)34-30(36)28-15-23(18-32-28)40-29-16-26(20-8-6-5-7-9-20)33-27-14-22(39-3)10-13-25(27)29/h4-10,13-14,16,21,23-25,27-28,32,35H,1-2,11-12,15,17-18H2,3H3,(H,34,36)/t21?,23?,25?,27?,28-,31?/m0/s1. The summed E-state index contributed by atoms with van der Waals surface area (Å²) >= 11 is 0. The number of amides is 1. The fraction of sp³-hybridized carbons (Fsp3) is 0.419.